The van der Waals surface area contributed by atoms with Crippen LogP contribution in [0.15, 0.2) is 69.2 Å². The summed E-state index contributed by atoms with van der Waals surface area (Å²) in [7, 11) is 2.23. The quantitative estimate of drug-likeness (QED) is 0.217. The van der Waals surface area contributed by atoms with Crippen LogP contribution in [0.3, 0.4) is 0 Å². The minimum Gasteiger partial charge on any atom is -0.296 e. The van der Waals surface area contributed by atoms with E-state index in [4.69, 9.17) is 5.10 Å². The minimum absolute atomic E-state index is 0.430. The van der Waals surface area contributed by atoms with Gasteiger partial charge >= 0.3 is 0 Å². The molecule has 1 saturated carbocycles. The first-order chi connectivity index (χ1) is 16.0. The second-order valence-corrected chi connectivity index (χ2v) is 10.3. The fourth-order valence-electron chi connectivity index (χ4n) is 4.73. The Morgan fingerprint density at radius 2 is 2.09 bits per heavy atom. The van der Waals surface area contributed by atoms with Crippen LogP contribution >= 0.6 is 8.58 Å². The van der Waals surface area contributed by atoms with E-state index in [0.717, 1.165) is 29.4 Å². The van der Waals surface area contributed by atoms with Crippen molar-refractivity contribution < 1.29 is 0 Å². The van der Waals surface area contributed by atoms with Crippen molar-refractivity contribution in [1.29, 1.82) is 0 Å². The number of aromatic nitrogens is 2. The Kier molecular flexibility index (Phi) is 9.38. The van der Waals surface area contributed by atoms with E-state index in [1.807, 2.05) is 38.4 Å². The van der Waals surface area contributed by atoms with Crippen molar-refractivity contribution in [3.63, 3.8) is 0 Å². The molecule has 0 N–H and O–H groups in total. The molecular formula is C28H39N4P. The zero-order valence-corrected chi connectivity index (χ0v) is 21.9. The molecule has 33 heavy (non-hydrogen) atoms. The summed E-state index contributed by atoms with van der Waals surface area (Å²) in [5.41, 5.74) is 5.96. The van der Waals surface area contributed by atoms with Gasteiger partial charge in [-0.1, -0.05) is 60.1 Å². The lowest BCUT2D eigenvalue weighted by Gasteiger charge is -2.22. The van der Waals surface area contributed by atoms with Crippen molar-refractivity contribution in [2.24, 2.45) is 15.9 Å². The zero-order chi connectivity index (χ0) is 23.8. The van der Waals surface area contributed by atoms with E-state index in [0.29, 0.717) is 20.5 Å². The molecule has 0 aliphatic heterocycles. The van der Waals surface area contributed by atoms with E-state index in [-0.39, 0.29) is 0 Å². The predicted molar refractivity (Wildman–Crippen MR) is 147 cm³/mol. The molecule has 2 aliphatic carbocycles. The third kappa shape index (κ3) is 6.18. The van der Waals surface area contributed by atoms with Gasteiger partial charge < -0.3 is 0 Å². The van der Waals surface area contributed by atoms with Gasteiger partial charge in [0, 0.05) is 42.2 Å². The molecule has 2 unspecified atom stereocenters. The van der Waals surface area contributed by atoms with Crippen LogP contribution in [-0.4, -0.2) is 29.3 Å². The van der Waals surface area contributed by atoms with Crippen LogP contribution in [0.1, 0.15) is 78.0 Å². The van der Waals surface area contributed by atoms with Gasteiger partial charge in [0.2, 0.25) is 0 Å². The second kappa shape index (κ2) is 12.2. The van der Waals surface area contributed by atoms with Gasteiger partial charge in [-0.15, -0.1) is 0 Å². The molecule has 0 spiro atoms. The molecule has 0 amide bonds. The minimum atomic E-state index is 0.430. The van der Waals surface area contributed by atoms with Gasteiger partial charge in [0.15, 0.2) is 0 Å². The Morgan fingerprint density at radius 3 is 2.76 bits per heavy atom. The van der Waals surface area contributed by atoms with Gasteiger partial charge in [0.25, 0.3) is 0 Å². The summed E-state index contributed by atoms with van der Waals surface area (Å²) in [6.07, 6.45) is 21.7. The average molecular weight is 463 g/mol. The highest BCUT2D eigenvalue weighted by Crippen LogP contribution is 2.39. The van der Waals surface area contributed by atoms with Crippen LogP contribution in [0.25, 0.3) is 5.57 Å². The lowest BCUT2D eigenvalue weighted by atomic mass is 9.85. The molecule has 2 atom stereocenters. The monoisotopic (exact) mass is 462 g/mol. The molecule has 176 valence electrons. The van der Waals surface area contributed by atoms with Crippen molar-refractivity contribution in [2.75, 3.05) is 7.05 Å². The summed E-state index contributed by atoms with van der Waals surface area (Å²) in [5.74, 6) is 0.480. The number of nitrogens with zero attached hydrogens (tertiary/aromatic N) is 4. The Hall–Kier alpha value is -2.32. The van der Waals surface area contributed by atoms with Crippen LogP contribution in [0, 0.1) is 5.92 Å². The molecule has 3 rings (SSSR count). The fourth-order valence-corrected chi connectivity index (χ4v) is 5.93. The Labute approximate surface area is 201 Å². The zero-order valence-electron chi connectivity index (χ0n) is 20.9. The fraction of sp³-hybridized carbons (Fsp3) is 0.464. The molecule has 1 aromatic rings. The molecule has 1 heterocycles. The van der Waals surface area contributed by atoms with Crippen LogP contribution < -0.4 is 5.30 Å². The van der Waals surface area contributed by atoms with Gasteiger partial charge in [-0.05, 0) is 68.0 Å². The van der Waals surface area contributed by atoms with Crippen molar-refractivity contribution >= 4 is 31.9 Å². The Balaban J connectivity index is 2.04. The second-order valence-electron chi connectivity index (χ2n) is 8.94. The highest BCUT2D eigenvalue weighted by molar-refractivity contribution is 7.52. The number of aliphatic imine (C=N–C) groups is 2. The van der Waals surface area contributed by atoms with E-state index in [1.165, 1.54) is 47.8 Å². The highest BCUT2D eigenvalue weighted by Gasteiger charge is 2.26. The maximum absolute atomic E-state index is 5.23. The molecule has 0 radical (unpaired) electrons. The van der Waals surface area contributed by atoms with E-state index >= 15 is 0 Å². The van der Waals surface area contributed by atoms with Crippen molar-refractivity contribution in [3.8, 4) is 0 Å². The molecule has 5 heteroatoms. The lowest BCUT2D eigenvalue weighted by Crippen LogP contribution is -2.11. The summed E-state index contributed by atoms with van der Waals surface area (Å²) in [4.78, 5) is 8.89. The first-order valence-electron chi connectivity index (χ1n) is 12.2. The van der Waals surface area contributed by atoms with Gasteiger partial charge in [0.1, 0.15) is 0 Å². The number of hydrogen-bond acceptors (Lipinski definition) is 3. The van der Waals surface area contributed by atoms with Gasteiger partial charge in [0.05, 0.1) is 11.7 Å². The van der Waals surface area contributed by atoms with E-state index in [1.54, 1.807) is 7.05 Å². The SMILES string of the molecule is C=C(Pc1cn(C2CCCC2)nc1C1=C(CC)C=CCC1C)\C(C=NC)=C(C)/N=C\C=C/C. The normalized spacial score (nSPS) is 21.1. The van der Waals surface area contributed by atoms with E-state index in [9.17, 15) is 0 Å². The van der Waals surface area contributed by atoms with Gasteiger partial charge in [-0.25, -0.2) is 0 Å². The van der Waals surface area contributed by atoms with Crippen LogP contribution in [0.4, 0.5) is 0 Å². The smallest absolute Gasteiger partial charge is 0.0965 e. The first kappa shape index (κ1) is 25.3. The van der Waals surface area contributed by atoms with Crippen LogP contribution in [0.5, 0.6) is 0 Å². The summed E-state index contributed by atoms with van der Waals surface area (Å²) < 4.78 is 2.26. The molecule has 0 saturated heterocycles. The highest BCUT2D eigenvalue weighted by atomic mass is 31.1. The Morgan fingerprint density at radius 1 is 1.33 bits per heavy atom. The predicted octanol–water partition coefficient (Wildman–Crippen LogP) is 7.20. The number of hydrogen-bond donors (Lipinski definition) is 0. The first-order valence-corrected chi connectivity index (χ1v) is 13.2. The summed E-state index contributed by atoms with van der Waals surface area (Å²) in [5, 5.41) is 7.58. The largest absolute Gasteiger partial charge is 0.296 e. The number of allylic oxidation sites excluding steroid dienone is 9. The molecule has 4 nitrogen and oxygen atoms in total. The topological polar surface area (TPSA) is 42.5 Å². The molecule has 0 bridgehead atoms. The van der Waals surface area contributed by atoms with Gasteiger partial charge in [-0.3, -0.25) is 14.7 Å². The summed E-state index contributed by atoms with van der Waals surface area (Å²) >= 11 is 0. The molecule has 0 aromatic carbocycles. The third-order valence-corrected chi connectivity index (χ3v) is 7.73. The standard InChI is InChI=1S/C28H39N4P/c1-7-9-17-30-21(4)25(18-29-6)22(5)33-26-19-32(24-15-10-11-16-24)31-28(26)27-20(3)13-12-14-23(27)8-2/h7,9,12,14,17-20,24,33H,5,8,10-11,13,15-16H2,1-4,6H3/b9-7-,25-21-,29-18?,30-17-. The lowest BCUT2D eigenvalue weighted by molar-refractivity contribution is 0.465. The Bertz CT molecular complexity index is 1030. The maximum atomic E-state index is 5.23. The van der Waals surface area contributed by atoms with Gasteiger partial charge in [-0.2, -0.15) is 5.10 Å². The summed E-state index contributed by atoms with van der Waals surface area (Å²) in [6.45, 7) is 13.1. The van der Waals surface area contributed by atoms with E-state index in [2.05, 4.69) is 53.4 Å². The molecule has 1 aromatic heterocycles. The van der Waals surface area contributed by atoms with Crippen LogP contribution in [-0.2, 0) is 0 Å². The number of rotatable bonds is 9. The molecule has 2 aliphatic rings. The van der Waals surface area contributed by atoms with Crippen molar-refractivity contribution in [3.05, 3.63) is 64.9 Å². The average Bonchev–Trinajstić information content (AvgIpc) is 3.47. The van der Waals surface area contributed by atoms with Crippen molar-refractivity contribution in [1.82, 2.24) is 9.78 Å². The molecule has 1 fully saturated rings. The van der Waals surface area contributed by atoms with Crippen molar-refractivity contribution in [2.45, 2.75) is 72.3 Å². The third-order valence-electron chi connectivity index (χ3n) is 6.52. The summed E-state index contributed by atoms with van der Waals surface area (Å²) in [6, 6.07) is 0.523. The molecular weight excluding hydrogens is 423 g/mol. The van der Waals surface area contributed by atoms with E-state index < -0.39 is 0 Å². The maximum Gasteiger partial charge on any atom is 0.0965 e. The van der Waals surface area contributed by atoms with Crippen LogP contribution in [0.2, 0.25) is 0 Å².